The lowest BCUT2D eigenvalue weighted by Crippen LogP contribution is -2.04. The largest absolute Gasteiger partial charge is 0.297 e. The minimum Gasteiger partial charge on any atom is -0.297 e. The van der Waals surface area contributed by atoms with E-state index in [1.165, 1.54) is 6.07 Å². The molecule has 2 aromatic rings. The van der Waals surface area contributed by atoms with Crippen molar-refractivity contribution in [2.75, 3.05) is 0 Å². The van der Waals surface area contributed by atoms with Gasteiger partial charge in [-0.25, -0.2) is 0 Å². The van der Waals surface area contributed by atoms with Gasteiger partial charge >= 0.3 is 0 Å². The second kappa shape index (κ2) is 5.10. The highest BCUT2D eigenvalue weighted by atomic mass is 35.5. The summed E-state index contributed by atoms with van der Waals surface area (Å²) in [6.45, 7) is 3.85. The number of H-pyrrole nitrogens is 1. The lowest BCUT2D eigenvalue weighted by Gasteiger charge is -2.10. The van der Waals surface area contributed by atoms with Crippen LogP contribution >= 0.6 is 23.8 Å². The van der Waals surface area contributed by atoms with Crippen molar-refractivity contribution in [1.82, 2.24) is 14.8 Å². The Hall–Kier alpha value is -1.73. The van der Waals surface area contributed by atoms with Gasteiger partial charge < -0.3 is 0 Å². The normalized spacial score (nSPS) is 10.9. The first-order valence-electron chi connectivity index (χ1n) is 5.53. The SMILES string of the molecule is CC(C)n1c(-c2ccc(Cl)cc2[N+](=O)[O-])n[nH]c1=S. The van der Waals surface area contributed by atoms with E-state index in [-0.39, 0.29) is 11.7 Å². The summed E-state index contributed by atoms with van der Waals surface area (Å²) >= 11 is 10.9. The van der Waals surface area contributed by atoms with Gasteiger partial charge in [-0.1, -0.05) is 11.6 Å². The topological polar surface area (TPSA) is 76.8 Å². The van der Waals surface area contributed by atoms with Crippen LogP contribution in [-0.4, -0.2) is 19.7 Å². The molecule has 0 saturated heterocycles. The molecule has 6 nitrogen and oxygen atoms in total. The number of aromatic amines is 1. The van der Waals surface area contributed by atoms with E-state index in [0.29, 0.717) is 21.2 Å². The summed E-state index contributed by atoms with van der Waals surface area (Å²) in [5, 5.41) is 18.2. The minimum absolute atomic E-state index is 0.0385. The number of nitro groups is 1. The fourth-order valence-corrected chi connectivity index (χ4v) is 2.33. The summed E-state index contributed by atoms with van der Waals surface area (Å²) in [4.78, 5) is 10.6. The number of nitrogens with one attached hydrogen (secondary N) is 1. The third-order valence-electron chi connectivity index (χ3n) is 2.62. The van der Waals surface area contributed by atoms with E-state index in [2.05, 4.69) is 10.2 Å². The molecule has 0 bridgehead atoms. The number of benzene rings is 1. The Balaban J connectivity index is 2.73. The zero-order chi connectivity index (χ0) is 14.2. The van der Waals surface area contributed by atoms with Crippen LogP contribution in [0.2, 0.25) is 5.02 Å². The summed E-state index contributed by atoms with van der Waals surface area (Å²) in [6, 6.07) is 4.51. The first-order chi connectivity index (χ1) is 8.91. The summed E-state index contributed by atoms with van der Waals surface area (Å²) in [5.41, 5.74) is 0.291. The highest BCUT2D eigenvalue weighted by molar-refractivity contribution is 7.71. The lowest BCUT2D eigenvalue weighted by atomic mass is 10.1. The van der Waals surface area contributed by atoms with Crippen molar-refractivity contribution in [3.05, 3.63) is 38.1 Å². The van der Waals surface area contributed by atoms with Crippen molar-refractivity contribution >= 4 is 29.5 Å². The molecule has 1 N–H and O–H groups in total. The number of hydrogen-bond acceptors (Lipinski definition) is 4. The van der Waals surface area contributed by atoms with Crippen LogP contribution in [0.1, 0.15) is 19.9 Å². The summed E-state index contributed by atoms with van der Waals surface area (Å²) in [6.07, 6.45) is 0. The number of nitro benzene ring substituents is 1. The van der Waals surface area contributed by atoms with Gasteiger partial charge in [-0.3, -0.25) is 19.8 Å². The minimum atomic E-state index is -0.483. The molecule has 0 unspecified atom stereocenters. The van der Waals surface area contributed by atoms with Gasteiger partial charge in [0.05, 0.1) is 10.5 Å². The molecule has 0 amide bonds. The zero-order valence-electron chi connectivity index (χ0n) is 10.3. The summed E-state index contributed by atoms with van der Waals surface area (Å²) in [5.74, 6) is 0.434. The van der Waals surface area contributed by atoms with Crippen molar-refractivity contribution in [3.8, 4) is 11.4 Å². The summed E-state index contributed by atoms with van der Waals surface area (Å²) in [7, 11) is 0. The fraction of sp³-hybridized carbons (Fsp3) is 0.273. The first-order valence-corrected chi connectivity index (χ1v) is 6.31. The van der Waals surface area contributed by atoms with Gasteiger partial charge in [-0.05, 0) is 38.2 Å². The van der Waals surface area contributed by atoms with Gasteiger partial charge in [0, 0.05) is 17.1 Å². The number of aromatic nitrogens is 3. The summed E-state index contributed by atoms with van der Waals surface area (Å²) < 4.78 is 2.15. The Kier molecular flexibility index (Phi) is 3.68. The Morgan fingerprint density at radius 1 is 1.53 bits per heavy atom. The standard InChI is InChI=1S/C11H11ClN4O2S/c1-6(2)15-10(13-14-11(15)19)8-4-3-7(12)5-9(8)16(17)18/h3-6H,1-2H3,(H,14,19). The van der Waals surface area contributed by atoms with E-state index >= 15 is 0 Å². The molecule has 1 heterocycles. The Morgan fingerprint density at radius 3 is 2.79 bits per heavy atom. The molecule has 0 aliphatic heterocycles. The molecule has 19 heavy (non-hydrogen) atoms. The van der Waals surface area contributed by atoms with E-state index in [1.54, 1.807) is 16.7 Å². The van der Waals surface area contributed by atoms with Crippen molar-refractivity contribution in [1.29, 1.82) is 0 Å². The molecule has 0 aliphatic rings. The van der Waals surface area contributed by atoms with Gasteiger partial charge in [-0.2, -0.15) is 5.10 Å². The zero-order valence-corrected chi connectivity index (χ0v) is 11.8. The quantitative estimate of drug-likeness (QED) is 0.532. The average molecular weight is 299 g/mol. The van der Waals surface area contributed by atoms with E-state index < -0.39 is 4.92 Å². The van der Waals surface area contributed by atoms with Crippen molar-refractivity contribution in [3.63, 3.8) is 0 Å². The smallest absolute Gasteiger partial charge is 0.281 e. The molecule has 1 aromatic carbocycles. The monoisotopic (exact) mass is 298 g/mol. The van der Waals surface area contributed by atoms with Gasteiger partial charge in [-0.15, -0.1) is 0 Å². The highest BCUT2D eigenvalue weighted by Crippen LogP contribution is 2.32. The van der Waals surface area contributed by atoms with Crippen molar-refractivity contribution in [2.45, 2.75) is 19.9 Å². The van der Waals surface area contributed by atoms with E-state index in [1.807, 2.05) is 13.8 Å². The molecule has 1 aromatic heterocycles. The van der Waals surface area contributed by atoms with Crippen molar-refractivity contribution in [2.24, 2.45) is 0 Å². The second-order valence-corrected chi connectivity index (χ2v) is 5.06. The molecular formula is C11H11ClN4O2S. The van der Waals surface area contributed by atoms with E-state index in [0.717, 1.165) is 0 Å². The highest BCUT2D eigenvalue weighted by Gasteiger charge is 2.21. The van der Waals surface area contributed by atoms with E-state index in [9.17, 15) is 10.1 Å². The molecule has 0 aliphatic carbocycles. The van der Waals surface area contributed by atoms with Gasteiger partial charge in [0.2, 0.25) is 0 Å². The van der Waals surface area contributed by atoms with Crippen LogP contribution in [0.3, 0.4) is 0 Å². The predicted molar refractivity (Wildman–Crippen MR) is 74.9 cm³/mol. The van der Waals surface area contributed by atoms with Crippen LogP contribution in [0, 0.1) is 14.9 Å². The van der Waals surface area contributed by atoms with Crippen LogP contribution in [0.5, 0.6) is 0 Å². The second-order valence-electron chi connectivity index (χ2n) is 4.23. The van der Waals surface area contributed by atoms with Crippen LogP contribution < -0.4 is 0 Å². The maximum atomic E-state index is 11.1. The average Bonchev–Trinajstić information content (AvgIpc) is 2.70. The fourth-order valence-electron chi connectivity index (χ4n) is 1.82. The lowest BCUT2D eigenvalue weighted by molar-refractivity contribution is -0.384. The third kappa shape index (κ3) is 2.52. The maximum Gasteiger partial charge on any atom is 0.281 e. The van der Waals surface area contributed by atoms with Crippen LogP contribution in [0.4, 0.5) is 5.69 Å². The molecule has 0 atom stereocenters. The third-order valence-corrected chi connectivity index (χ3v) is 3.14. The Morgan fingerprint density at radius 2 is 2.21 bits per heavy atom. The maximum absolute atomic E-state index is 11.1. The molecule has 0 saturated carbocycles. The number of halogens is 1. The van der Waals surface area contributed by atoms with Gasteiger partial charge in [0.1, 0.15) is 0 Å². The molecule has 2 rings (SSSR count). The predicted octanol–water partition coefficient (Wildman–Crippen LogP) is 3.75. The van der Waals surface area contributed by atoms with E-state index in [4.69, 9.17) is 23.8 Å². The molecule has 0 radical (unpaired) electrons. The van der Waals surface area contributed by atoms with Crippen LogP contribution in [0.25, 0.3) is 11.4 Å². The molecule has 0 fully saturated rings. The van der Waals surface area contributed by atoms with Crippen LogP contribution in [0.15, 0.2) is 18.2 Å². The van der Waals surface area contributed by atoms with Crippen LogP contribution in [-0.2, 0) is 0 Å². The first kappa shape index (κ1) is 13.7. The van der Waals surface area contributed by atoms with Gasteiger partial charge in [0.15, 0.2) is 10.6 Å². The number of hydrogen-bond donors (Lipinski definition) is 1. The van der Waals surface area contributed by atoms with Gasteiger partial charge in [0.25, 0.3) is 5.69 Å². The number of nitrogens with zero attached hydrogens (tertiary/aromatic N) is 3. The Bertz CT molecular complexity index is 692. The Labute approximate surface area is 119 Å². The molecule has 100 valence electrons. The molecular weight excluding hydrogens is 288 g/mol. The molecule has 0 spiro atoms. The van der Waals surface area contributed by atoms with Crippen molar-refractivity contribution < 1.29 is 4.92 Å². The molecule has 8 heteroatoms. The number of rotatable bonds is 3.